The maximum absolute atomic E-state index is 12.9. The molecule has 0 aromatic heterocycles. The molecule has 1 saturated carbocycles. The Morgan fingerprint density at radius 3 is 2.18 bits per heavy atom. The van der Waals surface area contributed by atoms with Gasteiger partial charge in [0.25, 0.3) is 0 Å². The van der Waals surface area contributed by atoms with Crippen molar-refractivity contribution in [2.45, 2.75) is 63.5 Å². The summed E-state index contributed by atoms with van der Waals surface area (Å²) in [6, 6.07) is 15.8. The minimum atomic E-state index is -1.02. The molecule has 0 unspecified atom stereocenters. The summed E-state index contributed by atoms with van der Waals surface area (Å²) < 4.78 is 5.61. The van der Waals surface area contributed by atoms with Crippen LogP contribution >= 0.6 is 0 Å². The van der Waals surface area contributed by atoms with Crippen LogP contribution in [0.1, 0.15) is 62.5 Å². The first-order valence-electron chi connectivity index (χ1n) is 12.1. The predicted molar refractivity (Wildman–Crippen MR) is 129 cm³/mol. The van der Waals surface area contributed by atoms with E-state index < -0.39 is 18.1 Å². The van der Waals surface area contributed by atoms with Crippen molar-refractivity contribution in [2.24, 2.45) is 0 Å². The number of alkyl carbamates (subject to hydrolysis) is 1. The number of amides is 2. The number of rotatable bonds is 9. The lowest BCUT2D eigenvalue weighted by atomic mass is 9.98. The highest BCUT2D eigenvalue weighted by Gasteiger charge is 2.31. The van der Waals surface area contributed by atoms with E-state index in [1.165, 1.54) is 4.90 Å². The molecular formula is C27H32N2O5. The van der Waals surface area contributed by atoms with Crippen molar-refractivity contribution in [3.63, 3.8) is 0 Å². The van der Waals surface area contributed by atoms with Gasteiger partial charge in [0.05, 0.1) is 0 Å². The molecule has 2 aromatic rings. The van der Waals surface area contributed by atoms with Crippen LogP contribution in [0.2, 0.25) is 0 Å². The second-order valence-electron chi connectivity index (χ2n) is 9.13. The molecule has 0 heterocycles. The number of nitrogens with zero attached hydrogens (tertiary/aromatic N) is 1. The van der Waals surface area contributed by atoms with Gasteiger partial charge in [0.15, 0.2) is 0 Å². The molecule has 7 heteroatoms. The molecule has 2 aliphatic rings. The number of carbonyl (C=O) groups is 3. The fraction of sp³-hybridized carbons (Fsp3) is 0.444. The molecule has 2 amide bonds. The Morgan fingerprint density at radius 1 is 1.03 bits per heavy atom. The first-order chi connectivity index (χ1) is 16.5. The lowest BCUT2D eigenvalue weighted by Crippen LogP contribution is -2.46. The molecular weight excluding hydrogens is 432 g/mol. The Kier molecular flexibility index (Phi) is 7.50. The van der Waals surface area contributed by atoms with Gasteiger partial charge in [0, 0.05) is 24.4 Å². The van der Waals surface area contributed by atoms with E-state index in [4.69, 9.17) is 4.74 Å². The van der Waals surface area contributed by atoms with Crippen molar-refractivity contribution >= 4 is 18.0 Å². The number of benzene rings is 2. The smallest absolute Gasteiger partial charge is 0.407 e. The fourth-order valence-electron chi connectivity index (χ4n) is 5.21. The van der Waals surface area contributed by atoms with Crippen LogP contribution in [0.3, 0.4) is 0 Å². The van der Waals surface area contributed by atoms with Gasteiger partial charge in [-0.25, -0.2) is 4.79 Å². The summed E-state index contributed by atoms with van der Waals surface area (Å²) in [4.78, 5) is 38.3. The molecule has 0 bridgehead atoms. The van der Waals surface area contributed by atoms with E-state index in [0.717, 1.165) is 47.9 Å². The molecule has 7 nitrogen and oxygen atoms in total. The molecule has 0 aliphatic heterocycles. The molecule has 2 aliphatic carbocycles. The average Bonchev–Trinajstić information content (AvgIpc) is 3.47. The van der Waals surface area contributed by atoms with E-state index in [0.29, 0.717) is 6.42 Å². The lowest BCUT2D eigenvalue weighted by molar-refractivity contribution is -0.146. The van der Waals surface area contributed by atoms with Crippen molar-refractivity contribution < 1.29 is 24.2 Å². The van der Waals surface area contributed by atoms with E-state index in [1.54, 1.807) is 0 Å². The minimum Gasteiger partial charge on any atom is -0.480 e. The van der Waals surface area contributed by atoms with Crippen molar-refractivity contribution in [3.05, 3.63) is 59.7 Å². The third-order valence-corrected chi connectivity index (χ3v) is 6.97. The Hall–Kier alpha value is -3.35. The molecule has 2 N–H and O–H groups in total. The number of nitrogens with one attached hydrogen (secondary N) is 1. The summed E-state index contributed by atoms with van der Waals surface area (Å²) in [5.41, 5.74) is 4.60. The number of carboxylic acid groups (broad SMARTS) is 1. The second kappa shape index (κ2) is 10.7. The third-order valence-electron chi connectivity index (χ3n) is 6.97. The van der Waals surface area contributed by atoms with Crippen molar-refractivity contribution in [1.82, 2.24) is 10.2 Å². The molecule has 1 atom stereocenters. The van der Waals surface area contributed by atoms with Gasteiger partial charge in [-0.05, 0) is 41.5 Å². The van der Waals surface area contributed by atoms with E-state index in [2.05, 4.69) is 29.6 Å². The lowest BCUT2D eigenvalue weighted by Gasteiger charge is -2.29. The van der Waals surface area contributed by atoms with Gasteiger partial charge >= 0.3 is 12.1 Å². The van der Waals surface area contributed by atoms with Crippen molar-refractivity contribution in [2.75, 3.05) is 13.2 Å². The SMILES string of the molecule is CC[C@@H](CC(=O)N(CC(=O)O)C1CCCC1)NC(=O)OCC1c2ccccc2-c2ccccc21. The highest BCUT2D eigenvalue weighted by molar-refractivity contribution is 5.83. The predicted octanol–water partition coefficient (Wildman–Crippen LogP) is 4.55. The maximum Gasteiger partial charge on any atom is 0.407 e. The summed E-state index contributed by atoms with van der Waals surface area (Å²) in [6.45, 7) is 1.79. The summed E-state index contributed by atoms with van der Waals surface area (Å²) in [5, 5.41) is 12.1. The monoisotopic (exact) mass is 464 g/mol. The average molecular weight is 465 g/mol. The Balaban J connectivity index is 1.35. The number of ether oxygens (including phenoxy) is 1. The van der Waals surface area contributed by atoms with E-state index in [9.17, 15) is 19.5 Å². The Morgan fingerprint density at radius 2 is 1.62 bits per heavy atom. The van der Waals surface area contributed by atoms with Crippen LogP contribution < -0.4 is 5.32 Å². The second-order valence-corrected chi connectivity index (χ2v) is 9.13. The number of carbonyl (C=O) groups excluding carboxylic acids is 2. The molecule has 34 heavy (non-hydrogen) atoms. The topological polar surface area (TPSA) is 95.9 Å². The first-order valence-corrected chi connectivity index (χ1v) is 12.1. The Labute approximate surface area is 200 Å². The number of fused-ring (bicyclic) bond motifs is 3. The van der Waals surface area contributed by atoms with Gasteiger partial charge in [-0.1, -0.05) is 68.3 Å². The largest absolute Gasteiger partial charge is 0.480 e. The minimum absolute atomic E-state index is 0.0319. The van der Waals surface area contributed by atoms with Gasteiger partial charge in [-0.2, -0.15) is 0 Å². The van der Waals surface area contributed by atoms with Crippen LogP contribution in [-0.4, -0.2) is 53.2 Å². The molecule has 4 rings (SSSR count). The number of carboxylic acids is 1. The van der Waals surface area contributed by atoms with Gasteiger partial charge in [0.1, 0.15) is 13.2 Å². The van der Waals surface area contributed by atoms with Crippen LogP contribution in [0, 0.1) is 0 Å². The van der Waals surface area contributed by atoms with Crippen LogP contribution in [0.4, 0.5) is 4.79 Å². The van der Waals surface area contributed by atoms with Gasteiger partial charge in [0.2, 0.25) is 5.91 Å². The highest BCUT2D eigenvalue weighted by atomic mass is 16.5. The number of hydrogen-bond donors (Lipinski definition) is 2. The van der Waals surface area contributed by atoms with E-state index >= 15 is 0 Å². The molecule has 180 valence electrons. The molecule has 0 spiro atoms. The zero-order valence-electron chi connectivity index (χ0n) is 19.5. The highest BCUT2D eigenvalue weighted by Crippen LogP contribution is 2.44. The number of aliphatic carboxylic acids is 1. The van der Waals surface area contributed by atoms with Gasteiger partial charge in [-0.15, -0.1) is 0 Å². The van der Waals surface area contributed by atoms with E-state index in [1.807, 2.05) is 31.2 Å². The number of hydrogen-bond acceptors (Lipinski definition) is 4. The van der Waals surface area contributed by atoms with E-state index in [-0.39, 0.29) is 37.4 Å². The summed E-state index contributed by atoms with van der Waals surface area (Å²) in [5.74, 6) is -1.29. The summed E-state index contributed by atoms with van der Waals surface area (Å²) >= 11 is 0. The standard InChI is InChI=1S/C27H32N2O5/c1-2-18(15-25(30)29(16-26(31)32)19-9-3-4-10-19)28-27(33)34-17-24-22-13-7-5-11-20(22)21-12-6-8-14-23(21)24/h5-8,11-14,18-19,24H,2-4,9-10,15-17H2,1H3,(H,28,33)(H,31,32)/t18-/m0/s1. The van der Waals surface area contributed by atoms with Crippen molar-refractivity contribution in [3.8, 4) is 11.1 Å². The summed E-state index contributed by atoms with van der Waals surface area (Å²) in [7, 11) is 0. The van der Waals surface area contributed by atoms with Crippen molar-refractivity contribution in [1.29, 1.82) is 0 Å². The Bertz CT molecular complexity index is 1000. The van der Waals surface area contributed by atoms with Crippen LogP contribution in [0.5, 0.6) is 0 Å². The molecule has 0 saturated heterocycles. The quantitative estimate of drug-likeness (QED) is 0.568. The van der Waals surface area contributed by atoms with Gasteiger partial charge < -0.3 is 20.1 Å². The van der Waals surface area contributed by atoms with Crippen LogP contribution in [-0.2, 0) is 14.3 Å². The zero-order valence-corrected chi connectivity index (χ0v) is 19.5. The molecule has 2 aromatic carbocycles. The maximum atomic E-state index is 12.9. The van der Waals surface area contributed by atoms with Crippen LogP contribution in [0.25, 0.3) is 11.1 Å². The van der Waals surface area contributed by atoms with Crippen LogP contribution in [0.15, 0.2) is 48.5 Å². The molecule has 1 fully saturated rings. The zero-order chi connectivity index (χ0) is 24.1. The first kappa shape index (κ1) is 23.8. The summed E-state index contributed by atoms with van der Waals surface area (Å²) in [6.07, 6.45) is 3.70. The molecule has 0 radical (unpaired) electrons. The fourth-order valence-corrected chi connectivity index (χ4v) is 5.21. The third kappa shape index (κ3) is 5.24. The van der Waals surface area contributed by atoms with Gasteiger partial charge in [-0.3, -0.25) is 9.59 Å². The normalized spacial score (nSPS) is 15.9.